The number of nitrogen functional groups attached to an aromatic ring is 1. The lowest BCUT2D eigenvalue weighted by Gasteiger charge is -2.42. The number of hydrogen-bond donors (Lipinski definition) is 2. The van der Waals surface area contributed by atoms with Gasteiger partial charge in [-0.25, -0.2) is 0 Å². The number of nitrogens with one attached hydrogen (secondary N) is 1. The van der Waals surface area contributed by atoms with Crippen LogP contribution in [0.25, 0.3) is 0 Å². The number of morpholine rings is 1. The number of carbonyl (C=O) groups is 1. The highest BCUT2D eigenvalue weighted by molar-refractivity contribution is 5.94. The Bertz CT molecular complexity index is 474. The summed E-state index contributed by atoms with van der Waals surface area (Å²) >= 11 is 0. The second-order valence-corrected chi connectivity index (χ2v) is 5.73. The summed E-state index contributed by atoms with van der Waals surface area (Å²) in [5.41, 5.74) is 6.91. The minimum atomic E-state index is -0.0802. The maximum Gasteiger partial charge on any atom is 0.251 e. The first-order valence-electron chi connectivity index (χ1n) is 6.95. The van der Waals surface area contributed by atoms with Crippen LogP contribution < -0.4 is 11.1 Å². The molecule has 0 radical (unpaired) electrons. The van der Waals surface area contributed by atoms with Gasteiger partial charge in [0.05, 0.1) is 13.2 Å². The van der Waals surface area contributed by atoms with Crippen LogP contribution in [0.1, 0.15) is 24.2 Å². The number of ether oxygens (including phenoxy) is 1. The zero-order chi connectivity index (χ0) is 14.6. The van der Waals surface area contributed by atoms with Crippen molar-refractivity contribution in [2.45, 2.75) is 19.4 Å². The molecule has 0 spiro atoms. The van der Waals surface area contributed by atoms with Crippen LogP contribution in [-0.4, -0.2) is 49.2 Å². The molecule has 2 rings (SSSR count). The summed E-state index contributed by atoms with van der Waals surface area (Å²) in [6.45, 7) is 8.16. The van der Waals surface area contributed by atoms with E-state index in [9.17, 15) is 4.79 Å². The highest BCUT2D eigenvalue weighted by atomic mass is 16.5. The molecule has 1 aliphatic rings. The largest absolute Gasteiger partial charge is 0.399 e. The summed E-state index contributed by atoms with van der Waals surface area (Å²) < 4.78 is 5.48. The molecule has 0 atom stereocenters. The summed E-state index contributed by atoms with van der Waals surface area (Å²) in [7, 11) is 0. The molecule has 1 aromatic carbocycles. The van der Waals surface area contributed by atoms with Crippen LogP contribution in [0.5, 0.6) is 0 Å². The van der Waals surface area contributed by atoms with Crippen molar-refractivity contribution in [3.05, 3.63) is 29.8 Å². The van der Waals surface area contributed by atoms with Gasteiger partial charge in [0.1, 0.15) is 0 Å². The van der Waals surface area contributed by atoms with Crippen molar-refractivity contribution in [3.63, 3.8) is 0 Å². The van der Waals surface area contributed by atoms with Gasteiger partial charge in [-0.2, -0.15) is 0 Å². The van der Waals surface area contributed by atoms with Crippen LogP contribution in [0, 0.1) is 0 Å². The molecule has 1 aliphatic heterocycles. The molecule has 0 aliphatic carbocycles. The normalized spacial score (nSPS) is 18.7. The summed E-state index contributed by atoms with van der Waals surface area (Å²) in [5, 5.41) is 2.93. The Morgan fingerprint density at radius 2 is 2.30 bits per heavy atom. The number of anilines is 1. The van der Waals surface area contributed by atoms with E-state index in [0.29, 0.717) is 17.8 Å². The van der Waals surface area contributed by atoms with E-state index in [-0.39, 0.29) is 11.4 Å². The van der Waals surface area contributed by atoms with Crippen LogP contribution in [-0.2, 0) is 4.74 Å². The van der Waals surface area contributed by atoms with Gasteiger partial charge in [-0.05, 0) is 32.0 Å². The first kappa shape index (κ1) is 14.8. The average molecular weight is 277 g/mol. The minimum Gasteiger partial charge on any atom is -0.399 e. The fourth-order valence-electron chi connectivity index (χ4n) is 2.39. The number of carbonyl (C=O) groups excluding carboxylic acids is 1. The molecule has 20 heavy (non-hydrogen) atoms. The number of nitrogens with zero attached hydrogens (tertiary/aromatic N) is 1. The maximum absolute atomic E-state index is 12.0. The van der Waals surface area contributed by atoms with E-state index in [0.717, 1.165) is 26.3 Å². The number of amides is 1. The lowest BCUT2D eigenvalue weighted by atomic mass is 10.0. The first-order chi connectivity index (χ1) is 9.49. The van der Waals surface area contributed by atoms with E-state index in [2.05, 4.69) is 24.1 Å². The van der Waals surface area contributed by atoms with E-state index < -0.39 is 0 Å². The van der Waals surface area contributed by atoms with Gasteiger partial charge >= 0.3 is 0 Å². The summed E-state index contributed by atoms with van der Waals surface area (Å²) in [6, 6.07) is 7.01. The molecule has 0 unspecified atom stereocenters. The zero-order valence-electron chi connectivity index (χ0n) is 12.2. The van der Waals surface area contributed by atoms with Gasteiger partial charge in [0.15, 0.2) is 0 Å². The van der Waals surface area contributed by atoms with E-state index in [1.165, 1.54) is 0 Å². The fraction of sp³-hybridized carbons (Fsp3) is 0.533. The molecule has 1 amide bonds. The second kappa shape index (κ2) is 6.24. The van der Waals surface area contributed by atoms with E-state index >= 15 is 0 Å². The van der Waals surface area contributed by atoms with Crippen LogP contribution in [0.3, 0.4) is 0 Å². The summed E-state index contributed by atoms with van der Waals surface area (Å²) in [4.78, 5) is 14.3. The van der Waals surface area contributed by atoms with Crippen LogP contribution in [0.15, 0.2) is 24.3 Å². The van der Waals surface area contributed by atoms with Crippen molar-refractivity contribution < 1.29 is 9.53 Å². The smallest absolute Gasteiger partial charge is 0.251 e. The number of rotatable bonds is 4. The predicted octanol–water partition coefficient (Wildman–Crippen LogP) is 1.11. The minimum absolute atomic E-state index is 0.0279. The van der Waals surface area contributed by atoms with Gasteiger partial charge < -0.3 is 15.8 Å². The van der Waals surface area contributed by atoms with Gasteiger partial charge in [-0.3, -0.25) is 9.69 Å². The number of hydrogen-bond acceptors (Lipinski definition) is 4. The lowest BCUT2D eigenvalue weighted by molar-refractivity contribution is -0.0498. The molecule has 1 aromatic rings. The van der Waals surface area contributed by atoms with Crippen molar-refractivity contribution in [3.8, 4) is 0 Å². The SMILES string of the molecule is CC1(C)COCCN1CCNC(=O)c1cccc(N)c1. The third-order valence-electron chi connectivity index (χ3n) is 3.63. The van der Waals surface area contributed by atoms with Crippen molar-refractivity contribution in [1.82, 2.24) is 10.2 Å². The molecular weight excluding hydrogens is 254 g/mol. The summed E-state index contributed by atoms with van der Waals surface area (Å²) in [6.07, 6.45) is 0. The van der Waals surface area contributed by atoms with E-state index in [1.807, 2.05) is 0 Å². The topological polar surface area (TPSA) is 67.6 Å². The van der Waals surface area contributed by atoms with Crippen molar-refractivity contribution in [2.24, 2.45) is 0 Å². The molecule has 0 aromatic heterocycles. The molecule has 1 saturated heterocycles. The van der Waals surface area contributed by atoms with Crippen molar-refractivity contribution >= 4 is 11.6 Å². The molecule has 5 heteroatoms. The molecule has 0 bridgehead atoms. The maximum atomic E-state index is 12.0. The summed E-state index contributed by atoms with van der Waals surface area (Å²) in [5.74, 6) is -0.0802. The van der Waals surface area contributed by atoms with Crippen LogP contribution in [0.4, 0.5) is 5.69 Å². The van der Waals surface area contributed by atoms with Gasteiger partial charge in [0.2, 0.25) is 0 Å². The monoisotopic (exact) mass is 277 g/mol. The van der Waals surface area contributed by atoms with E-state index in [4.69, 9.17) is 10.5 Å². The molecule has 3 N–H and O–H groups in total. The molecular formula is C15H23N3O2. The first-order valence-corrected chi connectivity index (χ1v) is 6.95. The molecule has 110 valence electrons. The Hall–Kier alpha value is -1.59. The Labute approximate surface area is 120 Å². The quantitative estimate of drug-likeness (QED) is 0.809. The standard InChI is InChI=1S/C15H23N3O2/c1-15(2)11-20-9-8-18(15)7-6-17-14(19)12-4-3-5-13(16)10-12/h3-5,10H,6-9,11,16H2,1-2H3,(H,17,19). The number of benzene rings is 1. The Kier molecular flexibility index (Phi) is 4.62. The molecule has 1 fully saturated rings. The number of nitrogens with two attached hydrogens (primary N) is 1. The van der Waals surface area contributed by atoms with Gasteiger partial charge in [-0.1, -0.05) is 6.07 Å². The van der Waals surface area contributed by atoms with Crippen molar-refractivity contribution in [2.75, 3.05) is 38.6 Å². The van der Waals surface area contributed by atoms with Crippen LogP contribution >= 0.6 is 0 Å². The fourth-order valence-corrected chi connectivity index (χ4v) is 2.39. The van der Waals surface area contributed by atoms with Gasteiger partial charge in [0.25, 0.3) is 5.91 Å². The third-order valence-corrected chi connectivity index (χ3v) is 3.63. The molecule has 0 saturated carbocycles. The second-order valence-electron chi connectivity index (χ2n) is 5.73. The van der Waals surface area contributed by atoms with Gasteiger partial charge in [-0.15, -0.1) is 0 Å². The highest BCUT2D eigenvalue weighted by Crippen LogP contribution is 2.17. The van der Waals surface area contributed by atoms with Crippen molar-refractivity contribution in [1.29, 1.82) is 0 Å². The molecule has 1 heterocycles. The molecule has 5 nitrogen and oxygen atoms in total. The van der Waals surface area contributed by atoms with E-state index in [1.54, 1.807) is 24.3 Å². The average Bonchev–Trinajstić information content (AvgIpc) is 2.40. The zero-order valence-corrected chi connectivity index (χ0v) is 12.2. The predicted molar refractivity (Wildman–Crippen MR) is 79.7 cm³/mol. The lowest BCUT2D eigenvalue weighted by Crippen LogP contribution is -2.54. The Morgan fingerprint density at radius 3 is 3.00 bits per heavy atom. The van der Waals surface area contributed by atoms with Gasteiger partial charge in [0, 0.05) is 36.4 Å². The third kappa shape index (κ3) is 3.71. The Morgan fingerprint density at radius 1 is 1.50 bits per heavy atom. The highest BCUT2D eigenvalue weighted by Gasteiger charge is 2.29. The van der Waals surface area contributed by atoms with Crippen LogP contribution in [0.2, 0.25) is 0 Å². The Balaban J connectivity index is 1.82.